The summed E-state index contributed by atoms with van der Waals surface area (Å²) in [6.45, 7) is 1.16. The first kappa shape index (κ1) is 20.4. The molecule has 0 radical (unpaired) electrons. The monoisotopic (exact) mass is 438 g/mol. The van der Waals surface area contributed by atoms with E-state index in [4.69, 9.17) is 11.1 Å². The van der Waals surface area contributed by atoms with E-state index >= 15 is 0 Å². The summed E-state index contributed by atoms with van der Waals surface area (Å²) >= 11 is 0. The minimum Gasteiger partial charge on any atom is -0.398 e. The summed E-state index contributed by atoms with van der Waals surface area (Å²) in [6.07, 6.45) is 8.78. The Morgan fingerprint density at radius 2 is 2.15 bits per heavy atom. The van der Waals surface area contributed by atoms with Gasteiger partial charge >= 0.3 is 0 Å². The molecular formula is C24H22N8O. The molecule has 9 nitrogen and oxygen atoms in total. The highest BCUT2D eigenvalue weighted by molar-refractivity contribution is 5.95. The van der Waals surface area contributed by atoms with Crippen molar-refractivity contribution < 1.29 is 4.79 Å². The second-order valence-corrected chi connectivity index (χ2v) is 7.75. The number of fused-ring (bicyclic) bond motifs is 1. The summed E-state index contributed by atoms with van der Waals surface area (Å²) in [4.78, 5) is 30.7. The topological polar surface area (TPSA) is 137 Å². The van der Waals surface area contributed by atoms with Crippen LogP contribution in [0.5, 0.6) is 0 Å². The maximum atomic E-state index is 12.7. The Kier molecular flexibility index (Phi) is 5.27. The number of aromatic nitrogens is 4. The number of amides is 1. The lowest BCUT2D eigenvalue weighted by molar-refractivity contribution is 0.0772. The van der Waals surface area contributed by atoms with Crippen molar-refractivity contribution in [1.29, 1.82) is 5.41 Å². The Morgan fingerprint density at radius 3 is 2.91 bits per heavy atom. The highest BCUT2D eigenvalue weighted by Crippen LogP contribution is 2.30. The maximum absolute atomic E-state index is 12.7. The van der Waals surface area contributed by atoms with Crippen molar-refractivity contribution in [3.05, 3.63) is 78.0 Å². The zero-order chi connectivity index (χ0) is 22.8. The molecule has 0 aliphatic carbocycles. The summed E-state index contributed by atoms with van der Waals surface area (Å²) in [5.74, 6) is 0.646. The lowest BCUT2D eigenvalue weighted by atomic mass is 10.0. The van der Waals surface area contributed by atoms with Crippen LogP contribution in [-0.2, 0) is 0 Å². The molecule has 1 aliphatic rings. The van der Waals surface area contributed by atoms with Gasteiger partial charge in [-0.05, 0) is 48.4 Å². The molecule has 3 aromatic heterocycles. The molecule has 0 atom stereocenters. The minimum absolute atomic E-state index is 0.0137. The quantitative estimate of drug-likeness (QED) is 0.278. The molecule has 0 saturated heterocycles. The molecule has 33 heavy (non-hydrogen) atoms. The number of anilines is 3. The van der Waals surface area contributed by atoms with Crippen LogP contribution in [0.3, 0.4) is 0 Å². The molecule has 0 spiro atoms. The fourth-order valence-corrected chi connectivity index (χ4v) is 3.90. The third-order valence-electron chi connectivity index (χ3n) is 5.68. The van der Waals surface area contributed by atoms with E-state index in [1.807, 2.05) is 17.0 Å². The molecule has 1 amide bonds. The SMILES string of the molecule is N=Cc1cc(Nc2ncnc3[nH]c(C4=CCN(C(=O)c5cccnc5)CC4)cc23)ccc1N. The van der Waals surface area contributed by atoms with Gasteiger partial charge < -0.3 is 26.3 Å². The number of pyridine rings is 1. The van der Waals surface area contributed by atoms with Gasteiger partial charge in [0.25, 0.3) is 5.91 Å². The zero-order valence-corrected chi connectivity index (χ0v) is 17.7. The molecule has 4 aromatic rings. The van der Waals surface area contributed by atoms with E-state index < -0.39 is 0 Å². The number of nitrogen functional groups attached to an aromatic ring is 1. The lowest BCUT2D eigenvalue weighted by Gasteiger charge is -2.26. The average molecular weight is 438 g/mol. The summed E-state index contributed by atoms with van der Waals surface area (Å²) in [6, 6.07) is 11.0. The second-order valence-electron chi connectivity index (χ2n) is 7.75. The third-order valence-corrected chi connectivity index (χ3v) is 5.68. The summed E-state index contributed by atoms with van der Waals surface area (Å²) in [5, 5.41) is 11.7. The van der Waals surface area contributed by atoms with Crippen molar-refractivity contribution in [2.24, 2.45) is 0 Å². The molecule has 0 saturated carbocycles. The van der Waals surface area contributed by atoms with Gasteiger partial charge in [-0.25, -0.2) is 9.97 Å². The normalized spacial score (nSPS) is 13.6. The van der Waals surface area contributed by atoms with Gasteiger partial charge in [0.05, 0.1) is 10.9 Å². The van der Waals surface area contributed by atoms with Crippen LogP contribution in [0.15, 0.2) is 61.2 Å². The van der Waals surface area contributed by atoms with E-state index in [0.29, 0.717) is 35.7 Å². The number of nitrogens with one attached hydrogen (secondary N) is 3. The molecule has 1 aromatic carbocycles. The van der Waals surface area contributed by atoms with Crippen LogP contribution in [0.4, 0.5) is 17.2 Å². The van der Waals surface area contributed by atoms with Crippen molar-refractivity contribution >= 4 is 45.9 Å². The van der Waals surface area contributed by atoms with Crippen LogP contribution < -0.4 is 11.1 Å². The number of aromatic amines is 1. The smallest absolute Gasteiger partial charge is 0.255 e. The van der Waals surface area contributed by atoms with Crippen molar-refractivity contribution in [2.45, 2.75) is 6.42 Å². The number of carbonyl (C=O) groups excluding carboxylic acids is 1. The zero-order valence-electron chi connectivity index (χ0n) is 17.7. The first-order chi connectivity index (χ1) is 16.1. The van der Waals surface area contributed by atoms with Crippen LogP contribution in [0.2, 0.25) is 0 Å². The Hall–Kier alpha value is -4.53. The molecule has 5 rings (SSSR count). The Bertz CT molecular complexity index is 1380. The summed E-state index contributed by atoms with van der Waals surface area (Å²) < 4.78 is 0. The van der Waals surface area contributed by atoms with Crippen LogP contribution in [-0.4, -0.2) is 50.0 Å². The maximum Gasteiger partial charge on any atom is 0.255 e. The van der Waals surface area contributed by atoms with E-state index in [9.17, 15) is 4.79 Å². The van der Waals surface area contributed by atoms with Gasteiger partial charge in [-0.1, -0.05) is 6.08 Å². The number of rotatable bonds is 5. The van der Waals surface area contributed by atoms with Gasteiger partial charge in [0.15, 0.2) is 0 Å². The van der Waals surface area contributed by atoms with E-state index in [-0.39, 0.29) is 5.91 Å². The lowest BCUT2D eigenvalue weighted by Crippen LogP contribution is -2.34. The standard InChI is InChI=1S/C24H22N8O/c25-12-17-10-18(3-4-20(17)26)30-22-19-11-21(31-23(19)29-14-28-22)15-5-8-32(9-6-15)24(33)16-2-1-7-27-13-16/h1-5,7,10-14,25H,6,8-9,26H2,(H2,28,29,30,31). The van der Waals surface area contributed by atoms with Crippen LogP contribution in [0.1, 0.15) is 28.0 Å². The number of nitrogens with two attached hydrogens (primary N) is 1. The van der Waals surface area contributed by atoms with Crippen LogP contribution in [0.25, 0.3) is 16.6 Å². The van der Waals surface area contributed by atoms with Gasteiger partial charge in [-0.2, -0.15) is 0 Å². The molecular weight excluding hydrogens is 416 g/mol. The van der Waals surface area contributed by atoms with Gasteiger partial charge in [0.2, 0.25) is 0 Å². The minimum atomic E-state index is -0.0137. The molecule has 9 heteroatoms. The van der Waals surface area contributed by atoms with Gasteiger partial charge in [0.1, 0.15) is 17.8 Å². The van der Waals surface area contributed by atoms with Crippen LogP contribution >= 0.6 is 0 Å². The first-order valence-electron chi connectivity index (χ1n) is 10.5. The number of hydrogen-bond acceptors (Lipinski definition) is 7. The van der Waals surface area contributed by atoms with E-state index in [1.54, 1.807) is 36.7 Å². The first-order valence-corrected chi connectivity index (χ1v) is 10.5. The van der Waals surface area contributed by atoms with Gasteiger partial charge in [0, 0.05) is 54.3 Å². The van der Waals surface area contributed by atoms with E-state index in [0.717, 1.165) is 34.4 Å². The molecule has 5 N–H and O–H groups in total. The average Bonchev–Trinajstić information content (AvgIpc) is 3.31. The molecule has 0 unspecified atom stereocenters. The van der Waals surface area contributed by atoms with E-state index in [2.05, 4.69) is 31.3 Å². The van der Waals surface area contributed by atoms with Gasteiger partial charge in [-0.3, -0.25) is 9.78 Å². The predicted octanol–water partition coefficient (Wildman–Crippen LogP) is 3.61. The van der Waals surface area contributed by atoms with Gasteiger partial charge in [-0.15, -0.1) is 0 Å². The third kappa shape index (κ3) is 4.03. The molecule has 0 fully saturated rings. The number of carbonyl (C=O) groups is 1. The summed E-state index contributed by atoms with van der Waals surface area (Å²) in [5.41, 5.74) is 11.3. The van der Waals surface area contributed by atoms with Crippen molar-refractivity contribution in [3.63, 3.8) is 0 Å². The number of hydrogen-bond donors (Lipinski definition) is 4. The van der Waals surface area contributed by atoms with Crippen LogP contribution in [0, 0.1) is 5.41 Å². The molecule has 4 heterocycles. The predicted molar refractivity (Wildman–Crippen MR) is 129 cm³/mol. The fourth-order valence-electron chi connectivity index (χ4n) is 3.90. The number of nitrogens with zero attached hydrogens (tertiary/aromatic N) is 4. The Balaban J connectivity index is 1.38. The molecule has 164 valence electrons. The molecule has 1 aliphatic heterocycles. The Labute approximate surface area is 189 Å². The molecule has 0 bridgehead atoms. The van der Waals surface area contributed by atoms with Crippen molar-refractivity contribution in [3.8, 4) is 0 Å². The Morgan fingerprint density at radius 1 is 1.24 bits per heavy atom. The van der Waals surface area contributed by atoms with Crippen molar-refractivity contribution in [2.75, 3.05) is 24.1 Å². The highest BCUT2D eigenvalue weighted by Gasteiger charge is 2.20. The summed E-state index contributed by atoms with van der Waals surface area (Å²) in [7, 11) is 0. The number of benzene rings is 1. The highest BCUT2D eigenvalue weighted by atomic mass is 16.2. The largest absolute Gasteiger partial charge is 0.398 e. The second kappa shape index (κ2) is 8.54. The fraction of sp³-hybridized carbons (Fsp3) is 0.125. The van der Waals surface area contributed by atoms with Crippen molar-refractivity contribution in [1.82, 2.24) is 24.8 Å². The van der Waals surface area contributed by atoms with E-state index in [1.165, 1.54) is 12.5 Å². The number of H-pyrrole nitrogens is 1.